The van der Waals surface area contributed by atoms with E-state index in [0.29, 0.717) is 40.9 Å². The number of carbonyl (C=O) groups is 1. The van der Waals surface area contributed by atoms with E-state index in [1.165, 1.54) is 29.3 Å². The van der Waals surface area contributed by atoms with Gasteiger partial charge in [0.15, 0.2) is 0 Å². The van der Waals surface area contributed by atoms with E-state index in [-0.39, 0.29) is 23.4 Å². The predicted molar refractivity (Wildman–Crippen MR) is 114 cm³/mol. The number of benzene rings is 2. The Morgan fingerprint density at radius 1 is 1.24 bits per heavy atom. The fourth-order valence-corrected chi connectivity index (χ4v) is 4.04. The maximum atomic E-state index is 14.0. The molecule has 33 heavy (non-hydrogen) atoms. The zero-order chi connectivity index (χ0) is 22.9. The molecule has 0 N–H and O–H groups in total. The van der Waals surface area contributed by atoms with Gasteiger partial charge in [-0.25, -0.2) is 4.39 Å². The highest BCUT2D eigenvalue weighted by atomic mass is 19.1. The third-order valence-corrected chi connectivity index (χ3v) is 5.74. The minimum atomic E-state index is -0.434. The van der Waals surface area contributed by atoms with Crippen LogP contribution < -0.4 is 0 Å². The Bertz CT molecular complexity index is 1370. The molecule has 1 saturated heterocycles. The quantitative estimate of drug-likeness (QED) is 0.473. The van der Waals surface area contributed by atoms with Crippen LogP contribution in [0.15, 0.2) is 53.3 Å². The first kappa shape index (κ1) is 20.5. The molecule has 0 bridgehead atoms. The number of likely N-dealkylation sites (tertiary alicyclic amines) is 1. The zero-order valence-corrected chi connectivity index (χ0v) is 17.6. The summed E-state index contributed by atoms with van der Waals surface area (Å²) in [6, 6.07) is 11.1. The van der Waals surface area contributed by atoms with Crippen LogP contribution in [0.25, 0.3) is 17.1 Å². The van der Waals surface area contributed by atoms with Gasteiger partial charge in [0.1, 0.15) is 11.9 Å². The molecule has 0 aliphatic carbocycles. The van der Waals surface area contributed by atoms with E-state index in [1.54, 1.807) is 36.1 Å². The van der Waals surface area contributed by atoms with Crippen molar-refractivity contribution >= 4 is 5.91 Å². The molecule has 1 aliphatic heterocycles. The summed E-state index contributed by atoms with van der Waals surface area (Å²) >= 11 is 0. The van der Waals surface area contributed by atoms with Crippen molar-refractivity contribution in [1.82, 2.24) is 30.0 Å². The van der Waals surface area contributed by atoms with Gasteiger partial charge in [-0.05, 0) is 49.6 Å². The lowest BCUT2D eigenvalue weighted by atomic mass is 10.1. The Morgan fingerprint density at radius 3 is 2.85 bits per heavy atom. The largest absolute Gasteiger partial charge is 0.337 e. The first-order chi connectivity index (χ1) is 16.1. The van der Waals surface area contributed by atoms with Crippen LogP contribution >= 0.6 is 0 Å². The smallest absolute Gasteiger partial charge is 0.256 e. The van der Waals surface area contributed by atoms with Gasteiger partial charge >= 0.3 is 0 Å². The van der Waals surface area contributed by atoms with E-state index >= 15 is 0 Å². The van der Waals surface area contributed by atoms with Crippen molar-refractivity contribution in [1.29, 1.82) is 5.26 Å². The maximum Gasteiger partial charge on any atom is 0.256 e. The number of nitrogens with zero attached hydrogens (tertiary/aromatic N) is 7. The number of hydrogen-bond donors (Lipinski definition) is 0. The lowest BCUT2D eigenvalue weighted by molar-refractivity contribution is 0.0709. The van der Waals surface area contributed by atoms with Crippen LogP contribution in [0.5, 0.6) is 0 Å². The SMILES string of the molecule is Cc1c(F)cccc1-c1noc(C2CCCN2C(=O)c2cc(C#N)ccc2-n2nccn2)n1. The maximum absolute atomic E-state index is 14.0. The fraction of sp³-hybridized carbons (Fsp3) is 0.217. The lowest BCUT2D eigenvalue weighted by Gasteiger charge is -2.23. The third kappa shape index (κ3) is 3.63. The third-order valence-electron chi connectivity index (χ3n) is 5.74. The fourth-order valence-electron chi connectivity index (χ4n) is 4.04. The number of nitriles is 1. The Morgan fingerprint density at radius 2 is 2.06 bits per heavy atom. The standard InChI is InChI=1S/C23H18FN7O2/c1-14-16(4-2-5-18(14)24)21-28-22(33-29-21)20-6-3-11-30(20)23(32)17-12-15(13-25)7-8-19(17)31-26-9-10-27-31/h2,4-5,7-10,12,20H,3,6,11H2,1H3. The summed E-state index contributed by atoms with van der Waals surface area (Å²) in [5.41, 5.74) is 2.09. The number of carbonyl (C=O) groups excluding carboxylic acids is 1. The molecule has 0 spiro atoms. The van der Waals surface area contributed by atoms with Gasteiger partial charge < -0.3 is 9.42 Å². The number of hydrogen-bond acceptors (Lipinski definition) is 7. The molecule has 5 rings (SSSR count). The summed E-state index contributed by atoms with van der Waals surface area (Å²) in [4.78, 5) is 21.1. The molecule has 1 fully saturated rings. The first-order valence-corrected chi connectivity index (χ1v) is 10.4. The lowest BCUT2D eigenvalue weighted by Crippen LogP contribution is -2.31. The average Bonchev–Trinajstić information content (AvgIpc) is 3.61. The van der Waals surface area contributed by atoms with Crippen molar-refractivity contribution in [2.24, 2.45) is 0 Å². The summed E-state index contributed by atoms with van der Waals surface area (Å²) < 4.78 is 19.5. The van der Waals surface area contributed by atoms with Crippen LogP contribution in [-0.4, -0.2) is 42.5 Å². The van der Waals surface area contributed by atoms with Gasteiger partial charge in [-0.3, -0.25) is 4.79 Å². The van der Waals surface area contributed by atoms with Crippen molar-refractivity contribution < 1.29 is 13.7 Å². The van der Waals surface area contributed by atoms with Crippen molar-refractivity contribution in [2.75, 3.05) is 6.54 Å². The molecule has 0 radical (unpaired) electrons. The molecular formula is C23H18FN7O2. The zero-order valence-electron chi connectivity index (χ0n) is 17.6. The van der Waals surface area contributed by atoms with E-state index in [0.717, 1.165) is 6.42 Å². The highest BCUT2D eigenvalue weighted by Crippen LogP contribution is 2.34. The number of rotatable bonds is 4. The van der Waals surface area contributed by atoms with Crippen LogP contribution in [-0.2, 0) is 0 Å². The molecule has 1 amide bonds. The van der Waals surface area contributed by atoms with Crippen LogP contribution in [0, 0.1) is 24.1 Å². The van der Waals surface area contributed by atoms with E-state index in [1.807, 2.05) is 0 Å². The topological polar surface area (TPSA) is 114 Å². The van der Waals surface area contributed by atoms with Crippen molar-refractivity contribution in [3.63, 3.8) is 0 Å². The molecule has 4 aromatic rings. The van der Waals surface area contributed by atoms with Gasteiger partial charge in [-0.1, -0.05) is 17.3 Å². The van der Waals surface area contributed by atoms with Crippen LogP contribution in [0.4, 0.5) is 4.39 Å². The second-order valence-electron chi connectivity index (χ2n) is 7.69. The van der Waals surface area contributed by atoms with Gasteiger partial charge in [-0.15, -0.1) is 0 Å². The molecule has 1 aliphatic rings. The summed E-state index contributed by atoms with van der Waals surface area (Å²) in [6.45, 7) is 2.14. The van der Waals surface area contributed by atoms with Gasteiger partial charge in [0.25, 0.3) is 5.91 Å². The molecule has 2 aromatic carbocycles. The molecular weight excluding hydrogens is 425 g/mol. The molecule has 164 valence electrons. The minimum absolute atomic E-state index is 0.272. The molecule has 9 nitrogen and oxygen atoms in total. The highest BCUT2D eigenvalue weighted by Gasteiger charge is 2.36. The van der Waals surface area contributed by atoms with Gasteiger partial charge in [0, 0.05) is 12.1 Å². The van der Waals surface area contributed by atoms with Crippen LogP contribution in [0.2, 0.25) is 0 Å². The number of halogens is 1. The van der Waals surface area contributed by atoms with Gasteiger partial charge in [0.05, 0.1) is 35.3 Å². The molecule has 1 atom stereocenters. The number of amides is 1. The predicted octanol–water partition coefficient (Wildman–Crippen LogP) is 3.61. The molecule has 3 heterocycles. The Labute approximate surface area is 188 Å². The monoisotopic (exact) mass is 443 g/mol. The summed E-state index contributed by atoms with van der Waals surface area (Å²) in [5, 5.41) is 21.6. The Kier molecular flexibility index (Phi) is 5.14. The van der Waals surface area contributed by atoms with Crippen molar-refractivity contribution in [3.05, 3.63) is 77.2 Å². The second-order valence-corrected chi connectivity index (χ2v) is 7.69. The first-order valence-electron chi connectivity index (χ1n) is 10.4. The average molecular weight is 443 g/mol. The van der Waals surface area contributed by atoms with Crippen LogP contribution in [0.1, 0.15) is 46.3 Å². The van der Waals surface area contributed by atoms with E-state index in [9.17, 15) is 14.4 Å². The Balaban J connectivity index is 1.49. The molecule has 1 unspecified atom stereocenters. The van der Waals surface area contributed by atoms with E-state index in [4.69, 9.17) is 4.52 Å². The summed E-state index contributed by atoms with van der Waals surface area (Å²) in [5.74, 6) is -0.0823. The summed E-state index contributed by atoms with van der Waals surface area (Å²) in [7, 11) is 0. The second kappa shape index (κ2) is 8.27. The molecule has 2 aromatic heterocycles. The van der Waals surface area contributed by atoms with Gasteiger partial charge in [0.2, 0.25) is 11.7 Å². The summed E-state index contributed by atoms with van der Waals surface area (Å²) in [6.07, 6.45) is 4.42. The van der Waals surface area contributed by atoms with Gasteiger partial charge in [-0.2, -0.15) is 25.2 Å². The Hall–Kier alpha value is -4.39. The minimum Gasteiger partial charge on any atom is -0.337 e. The molecule has 0 saturated carbocycles. The normalized spacial score (nSPS) is 15.5. The van der Waals surface area contributed by atoms with E-state index in [2.05, 4.69) is 26.4 Å². The highest BCUT2D eigenvalue weighted by molar-refractivity contribution is 5.98. The number of aromatic nitrogens is 5. The van der Waals surface area contributed by atoms with Crippen molar-refractivity contribution in [2.45, 2.75) is 25.8 Å². The van der Waals surface area contributed by atoms with Crippen molar-refractivity contribution in [3.8, 4) is 23.1 Å². The molecule has 10 heteroatoms. The van der Waals surface area contributed by atoms with E-state index < -0.39 is 6.04 Å². The van der Waals surface area contributed by atoms with Crippen LogP contribution in [0.3, 0.4) is 0 Å².